The molecule has 4 N–H and O–H groups in total. The molecule has 0 spiro atoms. The molecule has 0 atom stereocenters. The van der Waals surface area contributed by atoms with Gasteiger partial charge in [-0.3, -0.25) is 4.72 Å². The fraction of sp³-hybridized carbons (Fsp3) is 0.333. The van der Waals surface area contributed by atoms with E-state index in [1.807, 2.05) is 19.1 Å². The van der Waals surface area contributed by atoms with E-state index < -0.39 is 10.2 Å². The molecular weight excluding hydrogens is 338 g/mol. The number of phenols is 1. The quantitative estimate of drug-likeness (QED) is 0.730. The van der Waals surface area contributed by atoms with Crippen LogP contribution in [0, 0.1) is 6.92 Å². The summed E-state index contributed by atoms with van der Waals surface area (Å²) in [4.78, 5) is 0. The van der Waals surface area contributed by atoms with Crippen molar-refractivity contribution in [3.8, 4) is 5.75 Å². The molecule has 25 heavy (non-hydrogen) atoms. The van der Waals surface area contributed by atoms with Crippen molar-refractivity contribution < 1.29 is 13.5 Å². The van der Waals surface area contributed by atoms with E-state index in [-0.39, 0.29) is 0 Å². The Labute approximate surface area is 149 Å². The van der Waals surface area contributed by atoms with Gasteiger partial charge in [-0.15, -0.1) is 0 Å². The number of benzene rings is 2. The molecule has 1 fully saturated rings. The molecule has 1 aliphatic rings. The van der Waals surface area contributed by atoms with Gasteiger partial charge in [-0.05, 0) is 56.2 Å². The highest BCUT2D eigenvalue weighted by Gasteiger charge is 2.23. The molecule has 6 nitrogen and oxygen atoms in total. The van der Waals surface area contributed by atoms with Gasteiger partial charge in [0.15, 0.2) is 0 Å². The number of nitrogens with two attached hydrogens (primary N) is 1. The van der Waals surface area contributed by atoms with Crippen LogP contribution in [0.1, 0.15) is 24.8 Å². The number of nitrogens with zero attached hydrogens (tertiary/aromatic N) is 1. The summed E-state index contributed by atoms with van der Waals surface area (Å²) in [6.07, 6.45) is 2.97. The van der Waals surface area contributed by atoms with Crippen LogP contribution >= 0.6 is 0 Å². The fourth-order valence-corrected chi connectivity index (χ4v) is 3.72. The van der Waals surface area contributed by atoms with E-state index in [4.69, 9.17) is 10.8 Å². The van der Waals surface area contributed by atoms with Gasteiger partial charge in [0.05, 0.1) is 0 Å². The van der Waals surface area contributed by atoms with E-state index in [9.17, 15) is 8.42 Å². The zero-order valence-electron chi connectivity index (χ0n) is 14.4. The van der Waals surface area contributed by atoms with Gasteiger partial charge < -0.3 is 10.8 Å². The zero-order chi connectivity index (χ0) is 18.3. The van der Waals surface area contributed by atoms with Crippen LogP contribution in [-0.4, -0.2) is 30.9 Å². The second-order valence-corrected chi connectivity index (χ2v) is 7.70. The first-order valence-electron chi connectivity index (χ1n) is 8.26. The topological polar surface area (TPSA) is 95.7 Å². The zero-order valence-corrected chi connectivity index (χ0v) is 15.2. The first-order valence-corrected chi connectivity index (χ1v) is 9.70. The number of hydrogen-bond acceptors (Lipinski definition) is 4. The molecule has 1 aliphatic heterocycles. The van der Waals surface area contributed by atoms with Crippen molar-refractivity contribution in [2.75, 3.05) is 23.5 Å². The second-order valence-electron chi connectivity index (χ2n) is 6.02. The predicted octanol–water partition coefficient (Wildman–Crippen LogP) is 3.11. The summed E-state index contributed by atoms with van der Waals surface area (Å²) in [5, 5.41) is 8.76. The molecule has 0 amide bonds. The van der Waals surface area contributed by atoms with Crippen LogP contribution in [-0.2, 0) is 10.2 Å². The number of rotatable bonds is 3. The SMILES string of the molecule is Cc1ccc(O)cc1.Nc1ccc(NS(=O)(=O)N2CCCCC2)cc1. The highest BCUT2D eigenvalue weighted by atomic mass is 32.2. The molecule has 0 radical (unpaired) electrons. The third-order valence-corrected chi connectivity index (χ3v) is 5.39. The summed E-state index contributed by atoms with van der Waals surface area (Å²) in [5.41, 5.74) is 7.88. The van der Waals surface area contributed by atoms with Gasteiger partial charge in [-0.1, -0.05) is 24.1 Å². The number of hydrogen-bond donors (Lipinski definition) is 3. The smallest absolute Gasteiger partial charge is 0.301 e. The Bertz CT molecular complexity index is 732. The van der Waals surface area contributed by atoms with E-state index in [0.29, 0.717) is 30.2 Å². The van der Waals surface area contributed by atoms with Crippen molar-refractivity contribution in [2.45, 2.75) is 26.2 Å². The molecular formula is C18H25N3O3S. The number of anilines is 2. The Morgan fingerprint density at radius 3 is 2.04 bits per heavy atom. The lowest BCUT2D eigenvalue weighted by atomic mass is 10.2. The summed E-state index contributed by atoms with van der Waals surface area (Å²) in [6.45, 7) is 3.19. The van der Waals surface area contributed by atoms with Crippen LogP contribution in [0.4, 0.5) is 11.4 Å². The monoisotopic (exact) mass is 363 g/mol. The minimum atomic E-state index is -3.41. The fourth-order valence-electron chi connectivity index (χ4n) is 2.41. The van der Waals surface area contributed by atoms with Crippen LogP contribution in [0.25, 0.3) is 0 Å². The van der Waals surface area contributed by atoms with E-state index in [0.717, 1.165) is 19.3 Å². The standard InChI is InChI=1S/C11H17N3O2S.C7H8O/c12-10-4-6-11(7-5-10)13-17(15,16)14-8-2-1-3-9-14;1-6-2-4-7(8)5-3-6/h4-7,13H,1-3,8-9,12H2;2-5,8H,1H3. The molecule has 1 heterocycles. The summed E-state index contributed by atoms with van der Waals surface area (Å²) in [5.74, 6) is 0.329. The van der Waals surface area contributed by atoms with E-state index in [1.54, 1.807) is 36.4 Å². The van der Waals surface area contributed by atoms with Gasteiger partial charge >= 0.3 is 10.2 Å². The lowest BCUT2D eigenvalue weighted by Gasteiger charge is -2.26. The van der Waals surface area contributed by atoms with Gasteiger partial charge in [0, 0.05) is 24.5 Å². The van der Waals surface area contributed by atoms with Crippen LogP contribution in [0.5, 0.6) is 5.75 Å². The lowest BCUT2D eigenvalue weighted by Crippen LogP contribution is -2.39. The lowest BCUT2D eigenvalue weighted by molar-refractivity contribution is 0.349. The molecule has 0 saturated carbocycles. The van der Waals surface area contributed by atoms with Crippen LogP contribution in [0.3, 0.4) is 0 Å². The average Bonchev–Trinajstić information content (AvgIpc) is 2.61. The number of piperidine rings is 1. The molecule has 2 aromatic carbocycles. The minimum absolute atomic E-state index is 0.329. The molecule has 7 heteroatoms. The van der Waals surface area contributed by atoms with Crippen molar-refractivity contribution >= 4 is 21.6 Å². The molecule has 0 unspecified atom stereocenters. The Kier molecular flexibility index (Phi) is 6.66. The number of nitrogens with one attached hydrogen (secondary N) is 1. The first-order chi connectivity index (χ1) is 11.9. The van der Waals surface area contributed by atoms with Crippen molar-refractivity contribution in [3.63, 3.8) is 0 Å². The molecule has 1 saturated heterocycles. The van der Waals surface area contributed by atoms with E-state index in [2.05, 4.69) is 4.72 Å². The van der Waals surface area contributed by atoms with Gasteiger partial charge in [0.2, 0.25) is 0 Å². The molecule has 0 aliphatic carbocycles. The summed E-state index contributed by atoms with van der Waals surface area (Å²) in [7, 11) is -3.41. The van der Waals surface area contributed by atoms with Gasteiger partial charge in [-0.2, -0.15) is 12.7 Å². The molecule has 2 aromatic rings. The van der Waals surface area contributed by atoms with Crippen molar-refractivity contribution in [3.05, 3.63) is 54.1 Å². The normalized spacial score (nSPS) is 15.1. The third-order valence-electron chi connectivity index (χ3n) is 3.85. The summed E-state index contributed by atoms with van der Waals surface area (Å²) < 4.78 is 28.1. The Balaban J connectivity index is 0.000000236. The Hall–Kier alpha value is -2.25. The van der Waals surface area contributed by atoms with Gasteiger partial charge in [-0.25, -0.2) is 0 Å². The molecule has 0 aromatic heterocycles. The summed E-state index contributed by atoms with van der Waals surface area (Å²) >= 11 is 0. The maximum atomic E-state index is 12.0. The molecule has 3 rings (SSSR count). The number of nitrogen functional groups attached to an aromatic ring is 1. The molecule has 136 valence electrons. The second kappa shape index (κ2) is 8.73. The number of aryl methyl sites for hydroxylation is 1. The van der Waals surface area contributed by atoms with Crippen molar-refractivity contribution in [1.29, 1.82) is 0 Å². The Morgan fingerprint density at radius 2 is 1.52 bits per heavy atom. The van der Waals surface area contributed by atoms with Crippen molar-refractivity contribution in [1.82, 2.24) is 4.31 Å². The van der Waals surface area contributed by atoms with E-state index >= 15 is 0 Å². The average molecular weight is 363 g/mol. The molecule has 0 bridgehead atoms. The highest BCUT2D eigenvalue weighted by molar-refractivity contribution is 7.90. The first kappa shape index (κ1) is 19.1. The maximum absolute atomic E-state index is 12.0. The summed E-state index contributed by atoms with van der Waals surface area (Å²) in [6, 6.07) is 13.8. The van der Waals surface area contributed by atoms with Gasteiger partial charge in [0.1, 0.15) is 5.75 Å². The number of phenolic OH excluding ortho intramolecular Hbond substituents is 1. The van der Waals surface area contributed by atoms with Crippen LogP contribution < -0.4 is 10.5 Å². The largest absolute Gasteiger partial charge is 0.508 e. The Morgan fingerprint density at radius 1 is 0.960 bits per heavy atom. The van der Waals surface area contributed by atoms with Crippen molar-refractivity contribution in [2.24, 2.45) is 0 Å². The highest BCUT2D eigenvalue weighted by Crippen LogP contribution is 2.17. The maximum Gasteiger partial charge on any atom is 0.301 e. The van der Waals surface area contributed by atoms with Gasteiger partial charge in [0.25, 0.3) is 0 Å². The third kappa shape index (κ3) is 6.28. The van der Waals surface area contributed by atoms with E-state index in [1.165, 1.54) is 9.87 Å². The minimum Gasteiger partial charge on any atom is -0.508 e. The predicted molar refractivity (Wildman–Crippen MR) is 102 cm³/mol. The van der Waals surface area contributed by atoms with Crippen LogP contribution in [0.15, 0.2) is 48.5 Å². The number of aromatic hydroxyl groups is 1. The van der Waals surface area contributed by atoms with Crippen LogP contribution in [0.2, 0.25) is 0 Å².